The van der Waals surface area contributed by atoms with Gasteiger partial charge in [-0.15, -0.1) is 0 Å². The highest BCUT2D eigenvalue weighted by Gasteiger charge is 2.03. The van der Waals surface area contributed by atoms with E-state index in [1.54, 1.807) is 0 Å². The molecule has 1 heterocycles. The summed E-state index contributed by atoms with van der Waals surface area (Å²) >= 11 is 0. The Labute approximate surface area is 125 Å². The van der Waals surface area contributed by atoms with Gasteiger partial charge in [-0.1, -0.05) is 85.7 Å². The van der Waals surface area contributed by atoms with Gasteiger partial charge in [-0.3, -0.25) is 0 Å². The van der Waals surface area contributed by atoms with Crippen molar-refractivity contribution in [3.63, 3.8) is 0 Å². The van der Waals surface area contributed by atoms with Crippen molar-refractivity contribution < 1.29 is 0 Å². The smallest absolute Gasteiger partial charge is 0.115 e. The number of aromatic amines is 1. The average Bonchev–Trinajstić information content (AvgIpc) is 3.02. The van der Waals surface area contributed by atoms with Crippen LogP contribution in [-0.2, 0) is 0 Å². The third-order valence-corrected chi connectivity index (χ3v) is 1.77. The van der Waals surface area contributed by atoms with Crippen LogP contribution in [0.2, 0.25) is 0 Å². The van der Waals surface area contributed by atoms with Crippen LogP contribution in [0.5, 0.6) is 0 Å². The van der Waals surface area contributed by atoms with E-state index in [0.717, 1.165) is 17.0 Å². The van der Waals surface area contributed by atoms with Gasteiger partial charge in [-0.2, -0.15) is 15.4 Å². The van der Waals surface area contributed by atoms with Crippen LogP contribution in [0.3, 0.4) is 0 Å². The summed E-state index contributed by atoms with van der Waals surface area (Å²) in [5.41, 5.74) is 2.96. The molecule has 0 bridgehead atoms. The normalized spacial score (nSPS) is 7.25. The van der Waals surface area contributed by atoms with Crippen LogP contribution in [0.25, 0.3) is 11.3 Å². The third kappa shape index (κ3) is 9.31. The minimum absolute atomic E-state index is 0.926. The first-order valence-electron chi connectivity index (χ1n) is 7.81. The van der Waals surface area contributed by atoms with Crippen LogP contribution in [0, 0.1) is 6.92 Å². The topological polar surface area (TPSA) is 41.6 Å². The van der Waals surface area contributed by atoms with Crippen LogP contribution in [0.1, 0.15) is 61.1 Å². The molecule has 3 heteroatoms. The van der Waals surface area contributed by atoms with Crippen LogP contribution in [0.4, 0.5) is 0 Å². The second-order valence-corrected chi connectivity index (χ2v) is 2.62. The van der Waals surface area contributed by atoms with Crippen molar-refractivity contribution in [2.75, 3.05) is 0 Å². The Hall–Kier alpha value is -1.64. The molecule has 3 nitrogen and oxygen atoms in total. The number of benzene rings is 1. The predicted octanol–water partition coefficient (Wildman–Crippen LogP) is 5.88. The highest BCUT2D eigenvalue weighted by atomic mass is 15.3. The summed E-state index contributed by atoms with van der Waals surface area (Å²) in [5.74, 6) is 0. The third-order valence-electron chi connectivity index (χ3n) is 1.77. The molecule has 116 valence electrons. The lowest BCUT2D eigenvalue weighted by Gasteiger charge is -1.94. The molecule has 0 saturated carbocycles. The van der Waals surface area contributed by atoms with Gasteiger partial charge in [-0.25, -0.2) is 0 Å². The van der Waals surface area contributed by atoms with Crippen molar-refractivity contribution >= 4 is 0 Å². The largest absolute Gasteiger partial charge is 0.197 e. The lowest BCUT2D eigenvalue weighted by Crippen LogP contribution is -1.79. The molecule has 1 N–H and O–H groups in total. The number of hydrogen-bond acceptors (Lipinski definition) is 2. The van der Waals surface area contributed by atoms with E-state index in [4.69, 9.17) is 0 Å². The summed E-state index contributed by atoms with van der Waals surface area (Å²) in [6, 6.07) is 10.0. The van der Waals surface area contributed by atoms with Crippen LogP contribution in [0.15, 0.2) is 30.3 Å². The molecule has 1 aromatic carbocycles. The first kappa shape index (κ1) is 23.5. The van der Waals surface area contributed by atoms with E-state index in [2.05, 4.69) is 15.4 Å². The van der Waals surface area contributed by atoms with Gasteiger partial charge in [0, 0.05) is 5.56 Å². The molecule has 2 aromatic rings. The van der Waals surface area contributed by atoms with Gasteiger partial charge < -0.3 is 0 Å². The Kier molecular flexibility index (Phi) is 23.1. The number of nitrogens with zero attached hydrogens (tertiary/aromatic N) is 2. The van der Waals surface area contributed by atoms with Gasteiger partial charge in [-0.05, 0) is 6.92 Å². The Morgan fingerprint density at radius 2 is 1.15 bits per heavy atom. The average molecular weight is 279 g/mol. The Morgan fingerprint density at radius 3 is 1.50 bits per heavy atom. The fraction of sp³-hybridized carbons (Fsp3) is 0.529. The maximum atomic E-state index is 4.05. The monoisotopic (exact) mass is 279 g/mol. The van der Waals surface area contributed by atoms with Gasteiger partial charge in [0.15, 0.2) is 0 Å². The number of rotatable bonds is 1. The van der Waals surface area contributed by atoms with E-state index in [-0.39, 0.29) is 0 Å². The molecule has 20 heavy (non-hydrogen) atoms. The SMILES string of the molecule is CC.CC.CC.CC.Cc1n[nH]nc1-c1ccccc1. The molecular formula is C17H33N3. The number of nitrogens with one attached hydrogen (secondary N) is 1. The van der Waals surface area contributed by atoms with E-state index in [0.29, 0.717) is 0 Å². The van der Waals surface area contributed by atoms with Crippen molar-refractivity contribution in [1.82, 2.24) is 15.4 Å². The van der Waals surface area contributed by atoms with Crippen LogP contribution in [-0.4, -0.2) is 15.4 Å². The second kappa shape index (κ2) is 19.7. The van der Waals surface area contributed by atoms with Crippen LogP contribution < -0.4 is 0 Å². The van der Waals surface area contributed by atoms with Gasteiger partial charge >= 0.3 is 0 Å². The van der Waals surface area contributed by atoms with E-state index in [1.165, 1.54) is 0 Å². The second-order valence-electron chi connectivity index (χ2n) is 2.62. The summed E-state index contributed by atoms with van der Waals surface area (Å²) in [6.45, 7) is 17.9. The minimum atomic E-state index is 0.926. The Balaban J connectivity index is -0.000000314. The highest BCUT2D eigenvalue weighted by Crippen LogP contribution is 2.17. The standard InChI is InChI=1S/C9H9N3.4C2H6/c1-7-9(11-12-10-7)8-5-3-2-4-6-8;4*1-2/h2-6H,1H3,(H,10,11,12);4*1-2H3. The van der Waals surface area contributed by atoms with E-state index in [9.17, 15) is 0 Å². The zero-order valence-electron chi connectivity index (χ0n) is 14.8. The zero-order chi connectivity index (χ0) is 16.4. The van der Waals surface area contributed by atoms with Crippen molar-refractivity contribution in [2.45, 2.75) is 62.3 Å². The summed E-state index contributed by atoms with van der Waals surface area (Å²) in [4.78, 5) is 0. The maximum Gasteiger partial charge on any atom is 0.115 e. The first-order valence-corrected chi connectivity index (χ1v) is 7.81. The first-order chi connectivity index (χ1) is 9.88. The van der Waals surface area contributed by atoms with Gasteiger partial charge in [0.25, 0.3) is 0 Å². The predicted molar refractivity (Wildman–Crippen MR) is 91.9 cm³/mol. The number of hydrogen-bond donors (Lipinski definition) is 1. The quantitative estimate of drug-likeness (QED) is 0.707. The van der Waals surface area contributed by atoms with Gasteiger partial charge in [0.2, 0.25) is 0 Å². The summed E-state index contributed by atoms with van der Waals surface area (Å²) in [5, 5.41) is 10.6. The Morgan fingerprint density at radius 1 is 0.700 bits per heavy atom. The lowest BCUT2D eigenvalue weighted by molar-refractivity contribution is 0.929. The van der Waals surface area contributed by atoms with Gasteiger partial charge in [0.05, 0.1) is 5.69 Å². The molecule has 0 amide bonds. The minimum Gasteiger partial charge on any atom is -0.197 e. The number of H-pyrrole nitrogens is 1. The maximum absolute atomic E-state index is 4.05. The number of aryl methyl sites for hydroxylation is 1. The fourth-order valence-corrected chi connectivity index (χ4v) is 1.15. The molecular weight excluding hydrogens is 246 g/mol. The Bertz CT molecular complexity index is 367. The van der Waals surface area contributed by atoms with Crippen molar-refractivity contribution in [3.05, 3.63) is 36.0 Å². The molecule has 0 radical (unpaired) electrons. The molecule has 0 saturated heterocycles. The molecule has 0 unspecified atom stereocenters. The summed E-state index contributed by atoms with van der Waals surface area (Å²) < 4.78 is 0. The highest BCUT2D eigenvalue weighted by molar-refractivity contribution is 5.60. The van der Waals surface area contributed by atoms with E-state index >= 15 is 0 Å². The van der Waals surface area contributed by atoms with Gasteiger partial charge in [0.1, 0.15) is 5.69 Å². The molecule has 1 aromatic heterocycles. The van der Waals surface area contributed by atoms with Crippen molar-refractivity contribution in [2.24, 2.45) is 0 Å². The molecule has 0 fully saturated rings. The van der Waals surface area contributed by atoms with Crippen molar-refractivity contribution in [1.29, 1.82) is 0 Å². The van der Waals surface area contributed by atoms with Crippen molar-refractivity contribution in [3.8, 4) is 11.3 Å². The summed E-state index contributed by atoms with van der Waals surface area (Å²) in [7, 11) is 0. The molecule has 0 aliphatic heterocycles. The molecule has 2 rings (SSSR count). The van der Waals surface area contributed by atoms with E-state index in [1.807, 2.05) is 92.6 Å². The molecule has 0 aliphatic rings. The molecule has 0 aliphatic carbocycles. The molecule has 0 spiro atoms. The zero-order valence-corrected chi connectivity index (χ0v) is 14.8. The lowest BCUT2D eigenvalue weighted by atomic mass is 10.1. The molecule has 0 atom stereocenters. The summed E-state index contributed by atoms with van der Waals surface area (Å²) in [6.07, 6.45) is 0. The van der Waals surface area contributed by atoms with E-state index < -0.39 is 0 Å². The van der Waals surface area contributed by atoms with Crippen LogP contribution >= 0.6 is 0 Å². The number of aromatic nitrogens is 3. The fourth-order valence-electron chi connectivity index (χ4n) is 1.15.